The molecular formula is C24H26F2N2O3. The number of phenols is 1. The molecule has 0 aromatic heterocycles. The average Bonchev–Trinajstić information content (AvgIpc) is 3.37. The Labute approximate surface area is 180 Å². The van der Waals surface area contributed by atoms with Gasteiger partial charge in [-0.25, -0.2) is 13.6 Å². The number of hydrogen-bond donors (Lipinski definition) is 2. The van der Waals surface area contributed by atoms with Gasteiger partial charge in [-0.15, -0.1) is 0 Å². The van der Waals surface area contributed by atoms with Gasteiger partial charge < -0.3 is 20.1 Å². The second kappa shape index (κ2) is 8.02. The summed E-state index contributed by atoms with van der Waals surface area (Å²) in [7, 11) is 0. The molecule has 2 unspecified atom stereocenters. The largest absolute Gasteiger partial charge is 0.504 e. The number of nitrogens with zero attached hydrogens (tertiary/aromatic N) is 1. The summed E-state index contributed by atoms with van der Waals surface area (Å²) in [5.74, 6) is 0.117. The van der Waals surface area contributed by atoms with Crippen LogP contribution in [0, 0.1) is 23.5 Å². The lowest BCUT2D eigenvalue weighted by Gasteiger charge is -2.34. The first-order valence-corrected chi connectivity index (χ1v) is 10.9. The van der Waals surface area contributed by atoms with Crippen LogP contribution in [0.25, 0.3) is 0 Å². The maximum atomic E-state index is 13.5. The molecule has 2 aliphatic carbocycles. The number of phenolic OH excluding ortho intramolecular Hbond substituents is 1. The SMILES string of the molecule is O=C1NCC(c2ccc(O)c(OC3C[C@@H]4CC[C@H]3C4)c2)CN1Cc1ccc(F)c(F)c1. The minimum absolute atomic E-state index is 0.00836. The molecule has 3 aliphatic rings. The highest BCUT2D eigenvalue weighted by Crippen LogP contribution is 2.47. The Morgan fingerprint density at radius 1 is 1.10 bits per heavy atom. The molecule has 5 rings (SSSR count). The molecule has 1 heterocycles. The molecule has 7 heteroatoms. The summed E-state index contributed by atoms with van der Waals surface area (Å²) in [6, 6.07) is 8.81. The average molecular weight is 428 g/mol. The van der Waals surface area contributed by atoms with Crippen molar-refractivity contribution in [1.82, 2.24) is 10.2 Å². The van der Waals surface area contributed by atoms with E-state index in [1.165, 1.54) is 25.3 Å². The summed E-state index contributed by atoms with van der Waals surface area (Å²) in [5, 5.41) is 13.2. The van der Waals surface area contributed by atoms with E-state index in [1.807, 2.05) is 12.1 Å². The molecule has 3 fully saturated rings. The molecule has 0 spiro atoms. The monoisotopic (exact) mass is 428 g/mol. The molecule has 0 radical (unpaired) electrons. The predicted octanol–water partition coefficient (Wildman–Crippen LogP) is 4.55. The number of ether oxygens (including phenoxy) is 1. The number of aromatic hydroxyl groups is 1. The van der Waals surface area contributed by atoms with Crippen LogP contribution < -0.4 is 10.1 Å². The highest BCUT2D eigenvalue weighted by atomic mass is 19.2. The summed E-state index contributed by atoms with van der Waals surface area (Å²) in [5.41, 5.74) is 1.49. The van der Waals surface area contributed by atoms with Gasteiger partial charge >= 0.3 is 6.03 Å². The van der Waals surface area contributed by atoms with E-state index in [9.17, 15) is 18.7 Å². The van der Waals surface area contributed by atoms with Crippen molar-refractivity contribution >= 4 is 6.03 Å². The van der Waals surface area contributed by atoms with Gasteiger partial charge in [0, 0.05) is 25.6 Å². The molecular weight excluding hydrogens is 402 g/mol. The number of nitrogens with one attached hydrogen (secondary N) is 1. The number of fused-ring (bicyclic) bond motifs is 2. The summed E-state index contributed by atoms with van der Waals surface area (Å²) in [6.07, 6.45) is 4.92. The fourth-order valence-corrected chi connectivity index (χ4v) is 5.33. The number of hydrogen-bond acceptors (Lipinski definition) is 3. The summed E-state index contributed by atoms with van der Waals surface area (Å²) < 4.78 is 33.0. The van der Waals surface area contributed by atoms with E-state index >= 15 is 0 Å². The van der Waals surface area contributed by atoms with Crippen LogP contribution in [0.15, 0.2) is 36.4 Å². The van der Waals surface area contributed by atoms with Crippen molar-refractivity contribution in [2.45, 2.75) is 44.2 Å². The van der Waals surface area contributed by atoms with E-state index in [-0.39, 0.29) is 30.3 Å². The highest BCUT2D eigenvalue weighted by Gasteiger charge is 2.41. The maximum absolute atomic E-state index is 13.5. The normalized spacial score (nSPS) is 27.4. The van der Waals surface area contributed by atoms with E-state index < -0.39 is 11.6 Å². The van der Waals surface area contributed by atoms with Crippen LogP contribution >= 0.6 is 0 Å². The van der Waals surface area contributed by atoms with Crippen molar-refractivity contribution in [3.8, 4) is 11.5 Å². The summed E-state index contributed by atoms with van der Waals surface area (Å²) >= 11 is 0. The zero-order chi connectivity index (χ0) is 21.5. The van der Waals surface area contributed by atoms with Crippen LogP contribution in [-0.2, 0) is 6.54 Å². The molecule has 2 bridgehead atoms. The lowest BCUT2D eigenvalue weighted by molar-refractivity contribution is 0.133. The van der Waals surface area contributed by atoms with Crippen molar-refractivity contribution in [3.05, 3.63) is 59.2 Å². The van der Waals surface area contributed by atoms with Gasteiger partial charge in [-0.05, 0) is 72.9 Å². The van der Waals surface area contributed by atoms with Gasteiger partial charge in [0.25, 0.3) is 0 Å². The van der Waals surface area contributed by atoms with Gasteiger partial charge in [-0.2, -0.15) is 0 Å². The minimum Gasteiger partial charge on any atom is -0.504 e. The van der Waals surface area contributed by atoms with Crippen LogP contribution in [0.3, 0.4) is 0 Å². The number of amides is 2. The van der Waals surface area contributed by atoms with Crippen LogP contribution in [0.1, 0.15) is 42.7 Å². The first-order chi connectivity index (χ1) is 15.0. The Kier molecular flexibility index (Phi) is 5.20. The molecule has 164 valence electrons. The van der Waals surface area contributed by atoms with Crippen LogP contribution in [-0.4, -0.2) is 35.2 Å². The molecule has 2 aromatic carbocycles. The van der Waals surface area contributed by atoms with Gasteiger partial charge in [0.15, 0.2) is 23.1 Å². The second-order valence-electron chi connectivity index (χ2n) is 9.07. The molecule has 5 nitrogen and oxygen atoms in total. The predicted molar refractivity (Wildman–Crippen MR) is 111 cm³/mol. The van der Waals surface area contributed by atoms with Gasteiger partial charge in [0.1, 0.15) is 6.10 Å². The number of benzene rings is 2. The first kappa shape index (κ1) is 20.1. The summed E-state index contributed by atoms with van der Waals surface area (Å²) in [6.45, 7) is 1.08. The van der Waals surface area contributed by atoms with Crippen molar-refractivity contribution in [3.63, 3.8) is 0 Å². The second-order valence-corrected chi connectivity index (χ2v) is 9.07. The van der Waals surface area contributed by atoms with Gasteiger partial charge in [-0.1, -0.05) is 12.1 Å². The Bertz CT molecular complexity index is 999. The number of carbonyl (C=O) groups excluding carboxylic acids is 1. The van der Waals surface area contributed by atoms with Crippen LogP contribution in [0.2, 0.25) is 0 Å². The fourth-order valence-electron chi connectivity index (χ4n) is 5.33. The zero-order valence-corrected chi connectivity index (χ0v) is 17.2. The number of halogens is 2. The third-order valence-corrected chi connectivity index (χ3v) is 6.99. The molecule has 1 aliphatic heterocycles. The molecule has 2 amide bonds. The third kappa shape index (κ3) is 4.05. The Balaban J connectivity index is 1.30. The van der Waals surface area contributed by atoms with Gasteiger partial charge in [-0.3, -0.25) is 0 Å². The molecule has 4 atom stereocenters. The fraction of sp³-hybridized carbons (Fsp3) is 0.458. The van der Waals surface area contributed by atoms with Crippen molar-refractivity contribution in [2.24, 2.45) is 11.8 Å². The lowest BCUT2D eigenvalue weighted by atomic mass is 9.95. The molecule has 2 aromatic rings. The molecule has 2 N–H and O–H groups in total. The van der Waals surface area contributed by atoms with E-state index in [0.29, 0.717) is 30.3 Å². The lowest BCUT2D eigenvalue weighted by Crippen LogP contribution is -2.49. The van der Waals surface area contributed by atoms with E-state index in [2.05, 4.69) is 5.32 Å². The Morgan fingerprint density at radius 2 is 1.97 bits per heavy atom. The molecule has 31 heavy (non-hydrogen) atoms. The van der Waals surface area contributed by atoms with Gasteiger partial charge in [0.05, 0.1) is 0 Å². The third-order valence-electron chi connectivity index (χ3n) is 6.99. The smallest absolute Gasteiger partial charge is 0.317 e. The van der Waals surface area contributed by atoms with Crippen molar-refractivity contribution in [1.29, 1.82) is 0 Å². The maximum Gasteiger partial charge on any atom is 0.317 e. The zero-order valence-electron chi connectivity index (χ0n) is 17.2. The molecule has 2 saturated carbocycles. The molecule has 1 saturated heterocycles. The van der Waals surface area contributed by atoms with Gasteiger partial charge in [0.2, 0.25) is 0 Å². The van der Waals surface area contributed by atoms with Crippen LogP contribution in [0.4, 0.5) is 13.6 Å². The van der Waals surface area contributed by atoms with E-state index in [4.69, 9.17) is 4.74 Å². The summed E-state index contributed by atoms with van der Waals surface area (Å²) in [4.78, 5) is 13.9. The first-order valence-electron chi connectivity index (χ1n) is 10.9. The Morgan fingerprint density at radius 3 is 2.71 bits per heavy atom. The van der Waals surface area contributed by atoms with Crippen molar-refractivity contribution < 1.29 is 23.4 Å². The van der Waals surface area contributed by atoms with Crippen molar-refractivity contribution in [2.75, 3.05) is 13.1 Å². The highest BCUT2D eigenvalue weighted by molar-refractivity contribution is 5.75. The standard InChI is InChI=1S/C24H26F2N2O3/c25-19-5-2-15(8-20(19)26)12-28-13-18(11-27-24(28)30)16-4-6-21(29)23(10-16)31-22-9-14-1-3-17(22)7-14/h2,4-6,8,10,14,17-18,22,29H,1,3,7,9,11-13H2,(H,27,30)/t14-,17+,18?,22?/m1/s1. The topological polar surface area (TPSA) is 61.8 Å². The van der Waals surface area contributed by atoms with E-state index in [0.717, 1.165) is 30.0 Å². The Hall–Kier alpha value is -2.83. The number of rotatable bonds is 5. The number of carbonyl (C=O) groups is 1. The number of urea groups is 1. The quantitative estimate of drug-likeness (QED) is 0.735. The van der Waals surface area contributed by atoms with E-state index in [1.54, 1.807) is 11.0 Å². The van der Waals surface area contributed by atoms with Crippen LogP contribution in [0.5, 0.6) is 11.5 Å². The minimum atomic E-state index is -0.924.